The molecule has 20 heavy (non-hydrogen) atoms. The standard InChI is InChI=1S/C13H19NO6/c1-5-19-12(17)9-10(15)13(2,3)8-6-7(11(16)18-4)20-14(8)9/h7-9H,5-6H2,1-4H3. The number of nitrogens with zero attached hydrogens (tertiary/aromatic N) is 1. The quantitative estimate of drug-likeness (QED) is 0.536. The molecule has 0 amide bonds. The van der Waals surface area contributed by atoms with Gasteiger partial charge in [-0.05, 0) is 6.92 Å². The Balaban J connectivity index is 2.25. The Labute approximate surface area is 117 Å². The predicted octanol–water partition coefficient (Wildman–Crippen LogP) is 0.0745. The first kappa shape index (κ1) is 14.9. The molecule has 0 aliphatic carbocycles. The van der Waals surface area contributed by atoms with E-state index in [0.717, 1.165) is 0 Å². The van der Waals surface area contributed by atoms with E-state index in [2.05, 4.69) is 4.74 Å². The fourth-order valence-corrected chi connectivity index (χ4v) is 2.76. The third-order valence-electron chi connectivity index (χ3n) is 3.94. The first-order valence-corrected chi connectivity index (χ1v) is 6.58. The normalized spacial score (nSPS) is 32.0. The highest BCUT2D eigenvalue weighted by Gasteiger charge is 2.62. The van der Waals surface area contributed by atoms with Crippen LogP contribution >= 0.6 is 0 Å². The van der Waals surface area contributed by atoms with E-state index in [0.29, 0.717) is 6.42 Å². The van der Waals surface area contributed by atoms with Gasteiger partial charge in [-0.15, -0.1) is 0 Å². The second-order valence-electron chi connectivity index (χ2n) is 5.47. The van der Waals surface area contributed by atoms with Gasteiger partial charge in [0.1, 0.15) is 0 Å². The molecule has 2 rings (SSSR count). The second-order valence-corrected chi connectivity index (χ2v) is 5.47. The minimum Gasteiger partial charge on any atom is -0.467 e. The molecule has 0 N–H and O–H groups in total. The number of methoxy groups -OCH3 is 1. The van der Waals surface area contributed by atoms with Gasteiger partial charge in [0.25, 0.3) is 0 Å². The van der Waals surface area contributed by atoms with Crippen molar-refractivity contribution in [1.82, 2.24) is 5.06 Å². The zero-order chi connectivity index (χ0) is 15.1. The maximum atomic E-state index is 12.4. The number of rotatable bonds is 3. The minimum absolute atomic E-state index is 0.183. The van der Waals surface area contributed by atoms with Gasteiger partial charge < -0.3 is 9.47 Å². The Morgan fingerprint density at radius 3 is 2.60 bits per heavy atom. The van der Waals surface area contributed by atoms with E-state index in [1.54, 1.807) is 20.8 Å². The summed E-state index contributed by atoms with van der Waals surface area (Å²) < 4.78 is 9.57. The fourth-order valence-electron chi connectivity index (χ4n) is 2.76. The molecule has 3 unspecified atom stereocenters. The van der Waals surface area contributed by atoms with E-state index >= 15 is 0 Å². The van der Waals surface area contributed by atoms with Crippen molar-refractivity contribution in [3.63, 3.8) is 0 Å². The van der Waals surface area contributed by atoms with Gasteiger partial charge in [-0.3, -0.25) is 9.63 Å². The van der Waals surface area contributed by atoms with Crippen LogP contribution < -0.4 is 0 Å². The summed E-state index contributed by atoms with van der Waals surface area (Å²) in [6.07, 6.45) is -0.462. The van der Waals surface area contributed by atoms with Crippen molar-refractivity contribution in [2.45, 2.75) is 45.4 Å². The monoisotopic (exact) mass is 285 g/mol. The Hall–Kier alpha value is -1.47. The summed E-state index contributed by atoms with van der Waals surface area (Å²) in [5.41, 5.74) is -0.778. The van der Waals surface area contributed by atoms with Crippen LogP contribution in [0.15, 0.2) is 0 Å². The molecule has 0 aromatic rings. The smallest absolute Gasteiger partial charge is 0.337 e. The highest BCUT2D eigenvalue weighted by atomic mass is 16.7. The summed E-state index contributed by atoms with van der Waals surface area (Å²) in [6, 6.07) is -1.45. The van der Waals surface area contributed by atoms with Gasteiger partial charge >= 0.3 is 11.9 Å². The van der Waals surface area contributed by atoms with E-state index in [9.17, 15) is 14.4 Å². The largest absolute Gasteiger partial charge is 0.467 e. The number of carbonyl (C=O) groups is 3. The van der Waals surface area contributed by atoms with Gasteiger partial charge in [-0.25, -0.2) is 9.59 Å². The molecule has 112 valence electrons. The number of fused-ring (bicyclic) bond motifs is 1. The molecule has 2 saturated heterocycles. The van der Waals surface area contributed by atoms with Crippen LogP contribution in [0.5, 0.6) is 0 Å². The average Bonchev–Trinajstić information content (AvgIpc) is 2.89. The number of ketones is 1. The summed E-state index contributed by atoms with van der Waals surface area (Å²) in [5, 5.41) is 1.31. The van der Waals surface area contributed by atoms with Crippen molar-refractivity contribution in [3.8, 4) is 0 Å². The Morgan fingerprint density at radius 2 is 2.05 bits per heavy atom. The lowest BCUT2D eigenvalue weighted by Gasteiger charge is -2.22. The highest BCUT2D eigenvalue weighted by Crippen LogP contribution is 2.44. The van der Waals surface area contributed by atoms with Crippen LogP contribution in [0.1, 0.15) is 27.2 Å². The molecule has 0 radical (unpaired) electrons. The molecule has 0 saturated carbocycles. The van der Waals surface area contributed by atoms with Gasteiger partial charge in [0, 0.05) is 11.8 Å². The lowest BCUT2D eigenvalue weighted by Crippen LogP contribution is -2.42. The van der Waals surface area contributed by atoms with Crippen molar-refractivity contribution >= 4 is 17.7 Å². The molecular formula is C13H19NO6. The third kappa shape index (κ3) is 2.10. The topological polar surface area (TPSA) is 82.1 Å². The molecular weight excluding hydrogens is 266 g/mol. The van der Waals surface area contributed by atoms with Gasteiger partial charge in [-0.2, -0.15) is 5.06 Å². The predicted molar refractivity (Wildman–Crippen MR) is 66.3 cm³/mol. The van der Waals surface area contributed by atoms with Gasteiger partial charge in [0.05, 0.1) is 19.8 Å². The maximum absolute atomic E-state index is 12.4. The number of ether oxygens (including phenoxy) is 2. The zero-order valence-electron chi connectivity index (χ0n) is 12.0. The van der Waals surface area contributed by atoms with Gasteiger partial charge in [0.15, 0.2) is 17.9 Å². The molecule has 0 bridgehead atoms. The molecule has 7 nitrogen and oxygen atoms in total. The Bertz CT molecular complexity index is 446. The maximum Gasteiger partial charge on any atom is 0.337 e. The van der Waals surface area contributed by atoms with Crippen LogP contribution in [-0.4, -0.2) is 54.7 Å². The summed E-state index contributed by atoms with van der Waals surface area (Å²) in [6.45, 7) is 5.34. The number of hydrogen-bond acceptors (Lipinski definition) is 7. The molecule has 7 heteroatoms. The van der Waals surface area contributed by atoms with E-state index in [1.807, 2.05) is 0 Å². The molecule has 2 aliphatic heterocycles. The second kappa shape index (κ2) is 5.14. The number of Topliss-reactive ketones (excluding diaryl/α,β-unsaturated/α-hetero) is 1. The third-order valence-corrected chi connectivity index (χ3v) is 3.94. The van der Waals surface area contributed by atoms with Crippen LogP contribution in [-0.2, 0) is 28.7 Å². The zero-order valence-corrected chi connectivity index (χ0v) is 12.0. The molecule has 0 spiro atoms. The first-order valence-electron chi connectivity index (χ1n) is 6.58. The number of esters is 2. The molecule has 0 aromatic carbocycles. The van der Waals surface area contributed by atoms with E-state index in [1.165, 1.54) is 12.2 Å². The molecule has 0 aromatic heterocycles. The lowest BCUT2D eigenvalue weighted by molar-refractivity contribution is -0.202. The highest BCUT2D eigenvalue weighted by molar-refractivity contribution is 6.07. The average molecular weight is 285 g/mol. The molecule has 3 atom stereocenters. The first-order chi connectivity index (χ1) is 9.34. The van der Waals surface area contributed by atoms with Crippen LogP contribution in [0, 0.1) is 5.41 Å². The molecule has 2 aliphatic rings. The van der Waals surface area contributed by atoms with Crippen molar-refractivity contribution in [1.29, 1.82) is 0 Å². The summed E-state index contributed by atoms with van der Waals surface area (Å²) in [4.78, 5) is 41.3. The molecule has 2 fully saturated rings. The number of hydrogen-bond donors (Lipinski definition) is 0. The summed E-state index contributed by atoms with van der Waals surface area (Å²) in [7, 11) is 1.27. The minimum atomic E-state index is -1.11. The molecule has 2 heterocycles. The van der Waals surface area contributed by atoms with Crippen molar-refractivity contribution in [3.05, 3.63) is 0 Å². The fraction of sp³-hybridized carbons (Fsp3) is 0.769. The van der Waals surface area contributed by atoms with Crippen LogP contribution in [0.4, 0.5) is 0 Å². The van der Waals surface area contributed by atoms with Crippen molar-refractivity contribution in [2.75, 3.05) is 13.7 Å². The lowest BCUT2D eigenvalue weighted by atomic mass is 9.80. The Kier molecular flexibility index (Phi) is 3.84. The van der Waals surface area contributed by atoms with E-state index in [-0.39, 0.29) is 18.4 Å². The van der Waals surface area contributed by atoms with Crippen LogP contribution in [0.2, 0.25) is 0 Å². The van der Waals surface area contributed by atoms with E-state index in [4.69, 9.17) is 9.57 Å². The van der Waals surface area contributed by atoms with Crippen molar-refractivity contribution in [2.24, 2.45) is 5.41 Å². The Morgan fingerprint density at radius 1 is 1.40 bits per heavy atom. The van der Waals surface area contributed by atoms with E-state index < -0.39 is 29.5 Å². The van der Waals surface area contributed by atoms with Crippen molar-refractivity contribution < 1.29 is 28.7 Å². The van der Waals surface area contributed by atoms with Crippen LogP contribution in [0.3, 0.4) is 0 Å². The van der Waals surface area contributed by atoms with Gasteiger partial charge in [-0.1, -0.05) is 13.8 Å². The number of carbonyl (C=O) groups excluding carboxylic acids is 3. The van der Waals surface area contributed by atoms with Crippen LogP contribution in [0.25, 0.3) is 0 Å². The van der Waals surface area contributed by atoms with Gasteiger partial charge in [0.2, 0.25) is 0 Å². The number of hydroxylamine groups is 2. The SMILES string of the molecule is CCOC(=O)C1C(=O)C(C)(C)C2CC(C(=O)OC)ON12. The summed E-state index contributed by atoms with van der Waals surface area (Å²) >= 11 is 0. The summed E-state index contributed by atoms with van der Waals surface area (Å²) in [5.74, 6) is -1.40.